The minimum Gasteiger partial charge on any atom is -0.466 e. The number of ether oxygens (including phenoxy) is 2. The maximum Gasteiger partial charge on any atom is 0.334 e. The lowest BCUT2D eigenvalue weighted by Crippen LogP contribution is -2.29. The van der Waals surface area contributed by atoms with Crippen LogP contribution in [0.5, 0.6) is 0 Å². The van der Waals surface area contributed by atoms with E-state index >= 15 is 0 Å². The van der Waals surface area contributed by atoms with Gasteiger partial charge >= 0.3 is 11.9 Å². The van der Waals surface area contributed by atoms with Crippen molar-refractivity contribution in [2.75, 3.05) is 6.61 Å². The topological polar surface area (TPSA) is 52.6 Å². The van der Waals surface area contributed by atoms with Crippen LogP contribution in [0, 0.1) is 5.92 Å². The van der Waals surface area contributed by atoms with Gasteiger partial charge in [-0.15, -0.1) is 0 Å². The van der Waals surface area contributed by atoms with Gasteiger partial charge in [-0.1, -0.05) is 36.9 Å². The van der Waals surface area contributed by atoms with Crippen molar-refractivity contribution in [3.63, 3.8) is 0 Å². The Morgan fingerprint density at radius 1 is 1.36 bits per heavy atom. The van der Waals surface area contributed by atoms with E-state index in [1.807, 2.05) is 37.3 Å². The second-order valence-electron chi connectivity index (χ2n) is 5.64. The Bertz CT molecular complexity index is 564. The molecule has 1 fully saturated rings. The maximum atomic E-state index is 12.0. The SMILES string of the molecule is C=C1C(=O)O[C@@](C)(c2ccccc2)[C@H]1CCCC(=O)OCC. The molecule has 0 bridgehead atoms. The first-order chi connectivity index (χ1) is 10.5. The molecule has 0 saturated carbocycles. The molecular formula is C18H22O4. The number of carbonyl (C=O) groups excluding carboxylic acids is 2. The van der Waals surface area contributed by atoms with Crippen LogP contribution < -0.4 is 0 Å². The monoisotopic (exact) mass is 302 g/mol. The molecule has 0 radical (unpaired) electrons. The van der Waals surface area contributed by atoms with E-state index in [-0.39, 0.29) is 17.9 Å². The molecule has 118 valence electrons. The zero-order chi connectivity index (χ0) is 16.2. The summed E-state index contributed by atoms with van der Waals surface area (Å²) in [4.78, 5) is 23.4. The Morgan fingerprint density at radius 3 is 2.68 bits per heavy atom. The summed E-state index contributed by atoms with van der Waals surface area (Å²) >= 11 is 0. The highest BCUT2D eigenvalue weighted by atomic mass is 16.6. The molecule has 4 heteroatoms. The number of benzene rings is 1. The van der Waals surface area contributed by atoms with E-state index in [9.17, 15) is 9.59 Å². The molecule has 0 unspecified atom stereocenters. The van der Waals surface area contributed by atoms with Crippen molar-refractivity contribution >= 4 is 11.9 Å². The summed E-state index contributed by atoms with van der Waals surface area (Å²) in [6.45, 7) is 7.97. The largest absolute Gasteiger partial charge is 0.466 e. The fraction of sp³-hybridized carbons (Fsp3) is 0.444. The molecule has 1 saturated heterocycles. The van der Waals surface area contributed by atoms with Gasteiger partial charge in [0, 0.05) is 17.9 Å². The van der Waals surface area contributed by atoms with Gasteiger partial charge < -0.3 is 9.47 Å². The molecule has 22 heavy (non-hydrogen) atoms. The van der Waals surface area contributed by atoms with Crippen molar-refractivity contribution in [2.45, 2.75) is 38.7 Å². The number of esters is 2. The van der Waals surface area contributed by atoms with Crippen LogP contribution in [-0.4, -0.2) is 18.5 Å². The minimum atomic E-state index is -0.718. The van der Waals surface area contributed by atoms with Crippen molar-refractivity contribution < 1.29 is 19.1 Å². The molecule has 0 amide bonds. The molecule has 0 aliphatic carbocycles. The van der Waals surface area contributed by atoms with Gasteiger partial charge in [-0.2, -0.15) is 0 Å². The van der Waals surface area contributed by atoms with Gasteiger partial charge in [0.2, 0.25) is 0 Å². The fourth-order valence-electron chi connectivity index (χ4n) is 2.97. The molecule has 1 aromatic carbocycles. The van der Waals surface area contributed by atoms with Crippen molar-refractivity contribution in [3.05, 3.63) is 48.0 Å². The Hall–Kier alpha value is -2.10. The van der Waals surface area contributed by atoms with Crippen molar-refractivity contribution in [2.24, 2.45) is 5.92 Å². The summed E-state index contributed by atoms with van der Waals surface area (Å²) in [6.07, 6.45) is 1.65. The first kappa shape index (κ1) is 16.3. The highest BCUT2D eigenvalue weighted by Gasteiger charge is 2.48. The summed E-state index contributed by atoms with van der Waals surface area (Å²) in [6, 6.07) is 9.67. The van der Waals surface area contributed by atoms with Crippen LogP contribution in [0.25, 0.3) is 0 Å². The van der Waals surface area contributed by atoms with E-state index in [0.717, 1.165) is 5.56 Å². The van der Waals surface area contributed by atoms with Crippen LogP contribution >= 0.6 is 0 Å². The van der Waals surface area contributed by atoms with E-state index in [4.69, 9.17) is 9.47 Å². The highest BCUT2D eigenvalue weighted by Crippen LogP contribution is 2.46. The maximum absolute atomic E-state index is 12.0. The normalized spacial score (nSPS) is 24.2. The third kappa shape index (κ3) is 3.21. The minimum absolute atomic E-state index is 0.128. The number of carbonyl (C=O) groups is 2. The Balaban J connectivity index is 2.10. The Morgan fingerprint density at radius 2 is 2.05 bits per heavy atom. The summed E-state index contributed by atoms with van der Waals surface area (Å²) in [7, 11) is 0. The van der Waals surface area contributed by atoms with Gasteiger partial charge in [-0.25, -0.2) is 4.79 Å². The van der Waals surface area contributed by atoms with Crippen molar-refractivity contribution in [1.82, 2.24) is 0 Å². The summed E-state index contributed by atoms with van der Waals surface area (Å²) in [5.41, 5.74) is 0.711. The molecular weight excluding hydrogens is 280 g/mol. The lowest BCUT2D eigenvalue weighted by atomic mass is 9.78. The molecule has 0 aromatic heterocycles. The van der Waals surface area contributed by atoms with E-state index in [2.05, 4.69) is 6.58 Å². The third-order valence-electron chi connectivity index (χ3n) is 4.18. The Kier molecular flexibility index (Phi) is 5.01. The standard InChI is InChI=1S/C18H22O4/c1-4-21-16(19)12-8-11-15-13(2)17(20)22-18(15,3)14-9-6-5-7-10-14/h5-7,9-10,15H,2,4,8,11-12H2,1,3H3/t15-,18-/m0/s1. The first-order valence-corrected chi connectivity index (χ1v) is 7.62. The fourth-order valence-corrected chi connectivity index (χ4v) is 2.97. The molecule has 4 nitrogen and oxygen atoms in total. The smallest absolute Gasteiger partial charge is 0.334 e. The van der Waals surface area contributed by atoms with Crippen LogP contribution in [0.3, 0.4) is 0 Å². The van der Waals surface area contributed by atoms with Crippen molar-refractivity contribution in [3.8, 4) is 0 Å². The molecule has 1 aromatic rings. The van der Waals surface area contributed by atoms with Gasteiger partial charge in [0.25, 0.3) is 0 Å². The van der Waals surface area contributed by atoms with Crippen LogP contribution in [0.2, 0.25) is 0 Å². The molecule has 1 aliphatic rings. The summed E-state index contributed by atoms with van der Waals surface area (Å²) in [5.74, 6) is -0.691. The second kappa shape index (κ2) is 6.77. The van der Waals surface area contributed by atoms with E-state index in [0.29, 0.717) is 31.4 Å². The lowest BCUT2D eigenvalue weighted by molar-refractivity contribution is -0.148. The molecule has 1 aliphatic heterocycles. The van der Waals surface area contributed by atoms with Gasteiger partial charge in [0.1, 0.15) is 5.60 Å². The first-order valence-electron chi connectivity index (χ1n) is 7.62. The second-order valence-corrected chi connectivity index (χ2v) is 5.64. The average molecular weight is 302 g/mol. The predicted octanol–water partition coefficient (Wildman–Crippen LogP) is 3.36. The van der Waals surface area contributed by atoms with Gasteiger partial charge in [-0.05, 0) is 32.3 Å². The average Bonchev–Trinajstić information content (AvgIpc) is 2.73. The van der Waals surface area contributed by atoms with Gasteiger partial charge in [-0.3, -0.25) is 4.79 Å². The van der Waals surface area contributed by atoms with Gasteiger partial charge in [0.05, 0.1) is 6.61 Å². The molecule has 0 N–H and O–H groups in total. The predicted molar refractivity (Wildman–Crippen MR) is 83.0 cm³/mol. The van der Waals surface area contributed by atoms with Crippen LogP contribution in [0.4, 0.5) is 0 Å². The lowest BCUT2D eigenvalue weighted by Gasteiger charge is -2.30. The summed E-state index contributed by atoms with van der Waals surface area (Å²) in [5, 5.41) is 0. The highest BCUT2D eigenvalue weighted by molar-refractivity contribution is 5.91. The van der Waals surface area contributed by atoms with Crippen LogP contribution in [0.15, 0.2) is 42.5 Å². The number of rotatable bonds is 6. The molecule has 2 atom stereocenters. The van der Waals surface area contributed by atoms with Crippen LogP contribution in [0.1, 0.15) is 38.7 Å². The van der Waals surface area contributed by atoms with E-state index in [1.165, 1.54) is 0 Å². The number of hydrogen-bond donors (Lipinski definition) is 0. The van der Waals surface area contributed by atoms with Crippen LogP contribution in [-0.2, 0) is 24.7 Å². The number of hydrogen-bond acceptors (Lipinski definition) is 4. The van der Waals surface area contributed by atoms with Gasteiger partial charge in [0.15, 0.2) is 0 Å². The zero-order valence-electron chi connectivity index (χ0n) is 13.1. The molecule has 2 rings (SSSR count). The van der Waals surface area contributed by atoms with E-state index < -0.39 is 5.60 Å². The van der Waals surface area contributed by atoms with Crippen molar-refractivity contribution in [1.29, 1.82) is 0 Å². The number of cyclic esters (lactones) is 1. The quantitative estimate of drug-likeness (QED) is 0.597. The molecule has 1 heterocycles. The molecule has 0 spiro atoms. The summed E-state index contributed by atoms with van der Waals surface area (Å²) < 4.78 is 10.5. The Labute approximate surface area is 131 Å². The third-order valence-corrected chi connectivity index (χ3v) is 4.18. The van der Waals surface area contributed by atoms with E-state index in [1.54, 1.807) is 6.92 Å². The zero-order valence-corrected chi connectivity index (χ0v) is 13.1.